The van der Waals surface area contributed by atoms with Gasteiger partial charge in [-0.25, -0.2) is 4.79 Å². The molecule has 2 rings (SSSR count). The number of hydrogen-bond acceptors (Lipinski definition) is 4. The van der Waals surface area contributed by atoms with Crippen molar-refractivity contribution >= 4 is 17.1 Å². The van der Waals surface area contributed by atoms with Crippen molar-refractivity contribution in [3.05, 3.63) is 23.8 Å². The minimum Gasteiger partial charge on any atom is -0.387 e. The summed E-state index contributed by atoms with van der Waals surface area (Å²) in [5.74, 6) is 0.190. The molecule has 1 heterocycles. The highest BCUT2D eigenvalue weighted by Gasteiger charge is 2.18. The molecule has 0 saturated carbocycles. The fraction of sp³-hybridized carbons (Fsp3) is 0.385. The summed E-state index contributed by atoms with van der Waals surface area (Å²) in [6.07, 6.45) is -0.542. The van der Waals surface area contributed by atoms with Crippen LogP contribution in [0.3, 0.4) is 0 Å². The van der Waals surface area contributed by atoms with Crippen molar-refractivity contribution in [2.45, 2.75) is 33.2 Å². The Morgan fingerprint density at radius 1 is 1.39 bits per heavy atom. The molecule has 1 aromatic heterocycles. The lowest BCUT2D eigenvalue weighted by Gasteiger charge is -2.19. The number of aromatic nitrogens is 1. The second kappa shape index (κ2) is 4.33. The van der Waals surface area contributed by atoms with Gasteiger partial charge in [0.25, 0.3) is 5.88 Å². The molecule has 0 aliphatic carbocycles. The summed E-state index contributed by atoms with van der Waals surface area (Å²) in [6, 6.07) is 5.57. The van der Waals surface area contributed by atoms with Crippen molar-refractivity contribution in [1.82, 2.24) is 10.5 Å². The van der Waals surface area contributed by atoms with Crippen molar-refractivity contribution in [3.8, 4) is 5.88 Å². The van der Waals surface area contributed by atoms with Gasteiger partial charge in [0, 0.05) is 5.54 Å². The highest BCUT2D eigenvalue weighted by molar-refractivity contribution is 5.85. The van der Waals surface area contributed by atoms with Crippen molar-refractivity contribution in [2.24, 2.45) is 0 Å². The standard InChI is InChI=1S/C13H16N2O3/c1-8-5-6-10-9(7-8)11(15-18-10)17-12(16)14-13(2,3)4/h5-7H,1-4H3,(H,14,16). The minimum atomic E-state index is -0.542. The zero-order chi connectivity index (χ0) is 13.3. The van der Waals surface area contributed by atoms with E-state index in [0.717, 1.165) is 5.56 Å². The molecule has 0 fully saturated rings. The molecule has 5 nitrogen and oxygen atoms in total. The molecular formula is C13H16N2O3. The first kappa shape index (κ1) is 12.4. The summed E-state index contributed by atoms with van der Waals surface area (Å²) in [7, 11) is 0. The summed E-state index contributed by atoms with van der Waals surface area (Å²) in [6.45, 7) is 7.57. The first-order chi connectivity index (χ1) is 8.35. The van der Waals surface area contributed by atoms with Gasteiger partial charge in [0.15, 0.2) is 5.58 Å². The van der Waals surface area contributed by atoms with Crippen LogP contribution in [0.15, 0.2) is 22.7 Å². The summed E-state index contributed by atoms with van der Waals surface area (Å²) < 4.78 is 10.2. The maximum atomic E-state index is 11.6. The van der Waals surface area contributed by atoms with Crippen molar-refractivity contribution in [3.63, 3.8) is 0 Å². The number of amides is 1. The minimum absolute atomic E-state index is 0.190. The van der Waals surface area contributed by atoms with E-state index in [1.165, 1.54) is 0 Å². The van der Waals surface area contributed by atoms with E-state index >= 15 is 0 Å². The zero-order valence-corrected chi connectivity index (χ0v) is 10.9. The van der Waals surface area contributed by atoms with Gasteiger partial charge in [-0.1, -0.05) is 11.6 Å². The van der Waals surface area contributed by atoms with E-state index in [4.69, 9.17) is 9.26 Å². The molecule has 18 heavy (non-hydrogen) atoms. The summed E-state index contributed by atoms with van der Waals surface area (Å²) in [5.41, 5.74) is 1.29. The van der Waals surface area contributed by atoms with Crippen molar-refractivity contribution < 1.29 is 14.1 Å². The molecule has 0 saturated heterocycles. The van der Waals surface area contributed by atoms with Gasteiger partial charge in [0.1, 0.15) is 0 Å². The van der Waals surface area contributed by atoms with E-state index in [1.54, 1.807) is 6.07 Å². The number of ether oxygens (including phenoxy) is 1. The monoisotopic (exact) mass is 248 g/mol. The SMILES string of the molecule is Cc1ccc2onc(OC(=O)NC(C)(C)C)c2c1. The molecule has 0 unspecified atom stereocenters. The van der Waals surface area contributed by atoms with Crippen LogP contribution in [0.25, 0.3) is 11.0 Å². The third-order valence-electron chi connectivity index (χ3n) is 2.26. The average molecular weight is 248 g/mol. The fourth-order valence-electron chi connectivity index (χ4n) is 1.52. The van der Waals surface area contributed by atoms with Gasteiger partial charge in [-0.05, 0) is 45.0 Å². The summed E-state index contributed by atoms with van der Waals surface area (Å²) >= 11 is 0. The lowest BCUT2D eigenvalue weighted by molar-refractivity contribution is 0.187. The first-order valence-corrected chi connectivity index (χ1v) is 5.71. The lowest BCUT2D eigenvalue weighted by atomic mass is 10.1. The third kappa shape index (κ3) is 2.80. The normalized spacial score (nSPS) is 11.6. The van der Waals surface area contributed by atoms with Crippen LogP contribution in [-0.2, 0) is 0 Å². The van der Waals surface area contributed by atoms with E-state index in [1.807, 2.05) is 39.8 Å². The van der Waals surface area contributed by atoms with Gasteiger partial charge >= 0.3 is 6.09 Å². The van der Waals surface area contributed by atoms with Crippen LogP contribution < -0.4 is 10.1 Å². The van der Waals surface area contributed by atoms with Crippen LogP contribution in [0.5, 0.6) is 5.88 Å². The average Bonchev–Trinajstić information content (AvgIpc) is 2.58. The van der Waals surface area contributed by atoms with E-state index in [0.29, 0.717) is 11.0 Å². The molecule has 0 bridgehead atoms. The van der Waals surface area contributed by atoms with E-state index < -0.39 is 6.09 Å². The van der Waals surface area contributed by atoms with Gasteiger partial charge in [-0.2, -0.15) is 0 Å². The van der Waals surface area contributed by atoms with Gasteiger partial charge in [-0.15, -0.1) is 0 Å². The largest absolute Gasteiger partial charge is 0.414 e. The van der Waals surface area contributed by atoms with Crippen LogP contribution >= 0.6 is 0 Å². The zero-order valence-electron chi connectivity index (χ0n) is 10.9. The number of nitrogens with zero attached hydrogens (tertiary/aromatic N) is 1. The first-order valence-electron chi connectivity index (χ1n) is 5.71. The molecule has 0 radical (unpaired) electrons. The Labute approximate surface area is 105 Å². The smallest absolute Gasteiger partial charge is 0.387 e. The molecule has 1 N–H and O–H groups in total. The predicted molar refractivity (Wildman–Crippen MR) is 67.7 cm³/mol. The molecule has 0 atom stereocenters. The Morgan fingerprint density at radius 2 is 2.11 bits per heavy atom. The number of fused-ring (bicyclic) bond motifs is 1. The Kier molecular flexibility index (Phi) is 2.98. The predicted octanol–water partition coefficient (Wildman–Crippen LogP) is 3.02. The lowest BCUT2D eigenvalue weighted by Crippen LogP contribution is -2.42. The number of aryl methyl sites for hydroxylation is 1. The van der Waals surface area contributed by atoms with Crippen molar-refractivity contribution in [2.75, 3.05) is 0 Å². The molecule has 1 aromatic carbocycles. The quantitative estimate of drug-likeness (QED) is 0.842. The molecule has 1 amide bonds. The van der Waals surface area contributed by atoms with Crippen molar-refractivity contribution in [1.29, 1.82) is 0 Å². The molecule has 2 aromatic rings. The Bertz CT molecular complexity index is 581. The third-order valence-corrected chi connectivity index (χ3v) is 2.26. The van der Waals surface area contributed by atoms with Crippen LogP contribution in [-0.4, -0.2) is 16.8 Å². The molecular weight excluding hydrogens is 232 g/mol. The van der Waals surface area contributed by atoms with Crippen LogP contribution in [0, 0.1) is 6.92 Å². The number of rotatable bonds is 1. The van der Waals surface area contributed by atoms with Crippen LogP contribution in [0.4, 0.5) is 4.79 Å². The molecule has 5 heteroatoms. The van der Waals surface area contributed by atoms with Gasteiger partial charge < -0.3 is 14.6 Å². The Balaban J connectivity index is 2.22. The maximum Gasteiger partial charge on any atom is 0.414 e. The van der Waals surface area contributed by atoms with Crippen LogP contribution in [0.1, 0.15) is 26.3 Å². The summed E-state index contributed by atoms with van der Waals surface area (Å²) in [5, 5.41) is 7.14. The highest BCUT2D eigenvalue weighted by atomic mass is 16.6. The molecule has 0 aliphatic heterocycles. The summed E-state index contributed by atoms with van der Waals surface area (Å²) in [4.78, 5) is 11.6. The Morgan fingerprint density at radius 3 is 2.78 bits per heavy atom. The fourth-order valence-corrected chi connectivity index (χ4v) is 1.52. The topological polar surface area (TPSA) is 64.4 Å². The second-order valence-electron chi connectivity index (χ2n) is 5.25. The second-order valence-corrected chi connectivity index (χ2v) is 5.25. The number of nitrogens with one attached hydrogen (secondary N) is 1. The van der Waals surface area contributed by atoms with Gasteiger partial charge in [0.2, 0.25) is 0 Å². The number of benzene rings is 1. The van der Waals surface area contributed by atoms with E-state index in [-0.39, 0.29) is 11.4 Å². The highest BCUT2D eigenvalue weighted by Crippen LogP contribution is 2.25. The molecule has 0 aliphatic rings. The maximum absolute atomic E-state index is 11.6. The number of carbonyl (C=O) groups is 1. The Hall–Kier alpha value is -2.04. The molecule has 0 spiro atoms. The van der Waals surface area contributed by atoms with E-state index in [2.05, 4.69) is 10.5 Å². The molecule has 96 valence electrons. The number of carbonyl (C=O) groups excluding carboxylic acids is 1. The van der Waals surface area contributed by atoms with Gasteiger partial charge in [0.05, 0.1) is 5.39 Å². The number of hydrogen-bond donors (Lipinski definition) is 1. The van der Waals surface area contributed by atoms with Gasteiger partial charge in [-0.3, -0.25) is 0 Å². The van der Waals surface area contributed by atoms with E-state index in [9.17, 15) is 4.79 Å². The van der Waals surface area contributed by atoms with Crippen LogP contribution in [0.2, 0.25) is 0 Å².